The number of hydrogen-bond donors (Lipinski definition) is 2. The normalized spacial score (nSPS) is 14.6. The second-order valence-corrected chi connectivity index (χ2v) is 9.81. The van der Waals surface area contributed by atoms with Gasteiger partial charge in [-0.15, -0.1) is 0 Å². The summed E-state index contributed by atoms with van der Waals surface area (Å²) < 4.78 is 49.1. The molecule has 3 N–H and O–H groups in total. The Morgan fingerprint density at radius 2 is 1.90 bits per heavy atom. The highest BCUT2D eigenvalue weighted by Gasteiger charge is 2.24. The lowest BCUT2D eigenvalue weighted by molar-refractivity contribution is -0.0589. The summed E-state index contributed by atoms with van der Waals surface area (Å²) >= 11 is 0. The van der Waals surface area contributed by atoms with E-state index in [4.69, 9.17) is 19.6 Å². The zero-order valence-corrected chi connectivity index (χ0v) is 22.0. The molecular weight excluding hydrogens is 550 g/mol. The van der Waals surface area contributed by atoms with E-state index in [1.807, 2.05) is 4.57 Å². The van der Waals surface area contributed by atoms with E-state index in [2.05, 4.69) is 9.97 Å². The van der Waals surface area contributed by atoms with Crippen LogP contribution in [0.25, 0.3) is 22.3 Å². The van der Waals surface area contributed by atoms with E-state index in [0.29, 0.717) is 35.8 Å². The molecule has 0 saturated carbocycles. The third kappa shape index (κ3) is 5.44. The van der Waals surface area contributed by atoms with Gasteiger partial charge in [-0.1, -0.05) is 6.07 Å². The van der Waals surface area contributed by atoms with Crippen molar-refractivity contribution >= 4 is 22.9 Å². The predicted molar refractivity (Wildman–Crippen MR) is 145 cm³/mol. The minimum Gasteiger partial charge on any atom is -0.478 e. The summed E-state index contributed by atoms with van der Waals surface area (Å²) in [7, 11) is 0. The second-order valence-electron chi connectivity index (χ2n) is 9.81. The van der Waals surface area contributed by atoms with E-state index in [1.165, 1.54) is 30.3 Å². The first kappa shape index (κ1) is 27.1. The number of carboxylic acid groups (broad SMARTS) is 1. The van der Waals surface area contributed by atoms with Gasteiger partial charge in [-0.2, -0.15) is 0 Å². The third-order valence-corrected chi connectivity index (χ3v) is 7.00. The number of imidazole rings is 1. The number of aromatic carboxylic acids is 1. The van der Waals surface area contributed by atoms with Gasteiger partial charge in [0.25, 0.3) is 5.91 Å². The van der Waals surface area contributed by atoms with Crippen LogP contribution in [0.5, 0.6) is 5.88 Å². The van der Waals surface area contributed by atoms with Crippen LogP contribution >= 0.6 is 0 Å². The van der Waals surface area contributed by atoms with Crippen molar-refractivity contribution in [2.45, 2.75) is 32.1 Å². The van der Waals surface area contributed by atoms with Gasteiger partial charge >= 0.3 is 5.97 Å². The van der Waals surface area contributed by atoms with Gasteiger partial charge in [-0.25, -0.2) is 23.5 Å². The van der Waals surface area contributed by atoms with Crippen LogP contribution in [-0.4, -0.2) is 44.2 Å². The molecule has 1 fully saturated rings. The van der Waals surface area contributed by atoms with E-state index in [1.54, 1.807) is 18.2 Å². The molecule has 6 rings (SSSR count). The quantitative estimate of drug-likeness (QED) is 0.244. The first-order chi connectivity index (χ1) is 20.2. The number of primary amides is 1. The van der Waals surface area contributed by atoms with Crippen molar-refractivity contribution in [2.24, 2.45) is 5.73 Å². The van der Waals surface area contributed by atoms with Gasteiger partial charge in [-0.3, -0.25) is 4.79 Å². The minimum atomic E-state index is -1.07. The molecule has 1 aliphatic heterocycles. The number of aromatic nitrogens is 3. The Balaban J connectivity index is 1.26. The molecule has 1 amide bonds. The molecule has 0 unspecified atom stereocenters. The maximum absolute atomic E-state index is 15.4. The molecule has 0 radical (unpaired) electrons. The molecule has 2 aromatic carbocycles. The van der Waals surface area contributed by atoms with Crippen molar-refractivity contribution in [3.63, 3.8) is 0 Å². The lowest BCUT2D eigenvalue weighted by atomic mass is 10.0. The van der Waals surface area contributed by atoms with Crippen molar-refractivity contribution in [1.82, 2.24) is 14.5 Å². The number of nitrogens with zero attached hydrogens (tertiary/aromatic N) is 3. The summed E-state index contributed by atoms with van der Waals surface area (Å²) in [5.74, 6) is -2.20. The summed E-state index contributed by atoms with van der Waals surface area (Å²) in [4.78, 5) is 31.6. The minimum absolute atomic E-state index is 0.00936. The van der Waals surface area contributed by atoms with Crippen LogP contribution in [0.15, 0.2) is 65.1 Å². The summed E-state index contributed by atoms with van der Waals surface area (Å²) in [6, 6.07) is 14.4. The average molecular weight is 575 g/mol. The Bertz CT molecular complexity index is 1830. The Kier molecular flexibility index (Phi) is 7.13. The largest absolute Gasteiger partial charge is 0.478 e. The van der Waals surface area contributed by atoms with Gasteiger partial charge in [0.1, 0.15) is 29.8 Å². The van der Waals surface area contributed by atoms with Gasteiger partial charge in [0.15, 0.2) is 5.76 Å². The highest BCUT2D eigenvalue weighted by atomic mass is 19.1. The van der Waals surface area contributed by atoms with Crippen LogP contribution in [0.2, 0.25) is 0 Å². The number of furan rings is 1. The Morgan fingerprint density at radius 3 is 2.62 bits per heavy atom. The van der Waals surface area contributed by atoms with Crippen LogP contribution in [0.4, 0.5) is 8.78 Å². The molecule has 0 spiro atoms. The van der Waals surface area contributed by atoms with Gasteiger partial charge in [0, 0.05) is 24.7 Å². The molecular formula is C30H24F2N4O6. The van der Waals surface area contributed by atoms with E-state index < -0.39 is 23.5 Å². The predicted octanol–water partition coefficient (Wildman–Crippen LogP) is 4.73. The zero-order chi connectivity index (χ0) is 29.4. The van der Waals surface area contributed by atoms with Crippen molar-refractivity contribution in [2.75, 3.05) is 6.61 Å². The first-order valence-electron chi connectivity index (χ1n) is 13.1. The van der Waals surface area contributed by atoms with Crippen molar-refractivity contribution in [3.8, 4) is 17.1 Å². The molecule has 42 heavy (non-hydrogen) atoms. The highest BCUT2D eigenvalue weighted by Crippen LogP contribution is 2.29. The number of benzene rings is 2. The SMILES string of the molecule is NC(=O)c1ccc(COc2cccc(-c3cc(F)c(Cc4nc5ccc(C(=O)O)cc5n4C[C@@H]4CCO4)cc3F)n2)o1. The molecule has 10 nitrogen and oxygen atoms in total. The van der Waals surface area contributed by atoms with Crippen molar-refractivity contribution < 1.29 is 37.4 Å². The molecule has 0 bridgehead atoms. The fraction of sp³-hybridized carbons (Fsp3) is 0.200. The smallest absolute Gasteiger partial charge is 0.335 e. The molecule has 1 saturated heterocycles. The van der Waals surface area contributed by atoms with Gasteiger partial charge in [0.05, 0.1) is 34.9 Å². The number of halogens is 2. The van der Waals surface area contributed by atoms with E-state index in [-0.39, 0.29) is 53.2 Å². The number of ether oxygens (including phenoxy) is 2. The van der Waals surface area contributed by atoms with Crippen LogP contribution in [0.1, 0.15) is 44.5 Å². The number of nitrogens with two attached hydrogens (primary N) is 1. The third-order valence-electron chi connectivity index (χ3n) is 7.00. The van der Waals surface area contributed by atoms with E-state index in [0.717, 1.165) is 18.6 Å². The maximum atomic E-state index is 15.4. The standard InChI is InChI=1S/C30H24F2N4O6/c31-21-13-20(23-2-1-3-28(35-23)41-15-19-5-7-26(42-19)29(33)37)22(32)10-17(21)12-27-34-24-6-4-16(30(38)39)11-25(24)36(27)14-18-8-9-40-18/h1-7,10-11,13,18H,8-9,12,14-15H2,(H2,33,37)(H,38,39)/t18-/m0/s1. The summed E-state index contributed by atoms with van der Waals surface area (Å²) in [5.41, 5.74) is 6.60. The Labute approximate surface area is 237 Å². The van der Waals surface area contributed by atoms with Gasteiger partial charge in [-0.05, 0) is 60.5 Å². The van der Waals surface area contributed by atoms with E-state index in [9.17, 15) is 14.7 Å². The monoisotopic (exact) mass is 574 g/mol. The topological polar surface area (TPSA) is 143 Å². The van der Waals surface area contributed by atoms with Crippen molar-refractivity contribution in [3.05, 3.63) is 101 Å². The summed E-state index contributed by atoms with van der Waals surface area (Å²) in [6.45, 7) is 0.990. The zero-order valence-electron chi connectivity index (χ0n) is 22.0. The van der Waals surface area contributed by atoms with Crippen LogP contribution in [-0.2, 0) is 24.3 Å². The number of fused-ring (bicyclic) bond motifs is 1. The number of hydrogen-bond acceptors (Lipinski definition) is 7. The van der Waals surface area contributed by atoms with Crippen LogP contribution < -0.4 is 10.5 Å². The fourth-order valence-electron chi connectivity index (χ4n) is 4.74. The molecule has 4 heterocycles. The summed E-state index contributed by atoms with van der Waals surface area (Å²) in [5, 5.41) is 9.44. The molecule has 0 aliphatic carbocycles. The van der Waals surface area contributed by atoms with Crippen LogP contribution in [0.3, 0.4) is 0 Å². The number of rotatable bonds is 10. The Morgan fingerprint density at radius 1 is 1.07 bits per heavy atom. The highest BCUT2D eigenvalue weighted by molar-refractivity contribution is 5.92. The number of carboxylic acids is 1. The lowest BCUT2D eigenvalue weighted by Gasteiger charge is -2.27. The lowest BCUT2D eigenvalue weighted by Crippen LogP contribution is -2.31. The average Bonchev–Trinajstić information content (AvgIpc) is 3.56. The van der Waals surface area contributed by atoms with E-state index >= 15 is 8.78 Å². The number of carbonyl (C=O) groups excluding carboxylic acids is 1. The first-order valence-corrected chi connectivity index (χ1v) is 13.1. The maximum Gasteiger partial charge on any atom is 0.335 e. The molecule has 1 atom stereocenters. The number of pyridine rings is 1. The second kappa shape index (κ2) is 11.1. The van der Waals surface area contributed by atoms with Gasteiger partial charge in [0.2, 0.25) is 5.88 Å². The molecule has 5 aromatic rings. The fourth-order valence-corrected chi connectivity index (χ4v) is 4.74. The molecule has 3 aromatic heterocycles. The number of amides is 1. The molecule has 214 valence electrons. The van der Waals surface area contributed by atoms with Crippen LogP contribution in [0, 0.1) is 11.6 Å². The van der Waals surface area contributed by atoms with Crippen molar-refractivity contribution in [1.29, 1.82) is 0 Å². The molecule has 1 aliphatic rings. The van der Waals surface area contributed by atoms with Gasteiger partial charge < -0.3 is 29.3 Å². The number of carbonyl (C=O) groups is 2. The summed E-state index contributed by atoms with van der Waals surface area (Å²) in [6.07, 6.45) is 0.734. The Hall–Kier alpha value is -5.10. The molecule has 12 heteroatoms.